The van der Waals surface area contributed by atoms with Crippen LogP contribution in [0.25, 0.3) is 0 Å². The minimum Gasteiger partial charge on any atom is -0.296 e. The second kappa shape index (κ2) is 4.33. The summed E-state index contributed by atoms with van der Waals surface area (Å²) in [7, 11) is 0. The van der Waals surface area contributed by atoms with E-state index in [1.165, 1.54) is 0 Å². The van der Waals surface area contributed by atoms with Gasteiger partial charge in [0.25, 0.3) is 5.92 Å². The fourth-order valence-electron chi connectivity index (χ4n) is 1.69. The first-order valence-electron chi connectivity index (χ1n) is 4.90. The molecule has 1 aliphatic rings. The Kier molecular flexibility index (Phi) is 3.62. The number of likely N-dealkylation sites (N-methyl/N-ethyl adjacent to an activating group) is 2. The van der Waals surface area contributed by atoms with Gasteiger partial charge in [-0.2, -0.15) is 0 Å². The molecular weight excluding hydrogens is 174 g/mol. The monoisotopic (exact) mass is 192 g/mol. The Labute approximate surface area is 78.5 Å². The number of rotatable bonds is 2. The normalized spacial score (nSPS) is 25.8. The van der Waals surface area contributed by atoms with Crippen molar-refractivity contribution in [3.05, 3.63) is 0 Å². The maximum absolute atomic E-state index is 13.3. The van der Waals surface area contributed by atoms with E-state index in [9.17, 15) is 8.78 Å². The van der Waals surface area contributed by atoms with Crippen molar-refractivity contribution in [3.8, 4) is 0 Å². The van der Waals surface area contributed by atoms with Crippen LogP contribution >= 0.6 is 0 Å². The summed E-state index contributed by atoms with van der Waals surface area (Å²) in [6, 6.07) is 0. The summed E-state index contributed by atoms with van der Waals surface area (Å²) in [5.41, 5.74) is 0. The van der Waals surface area contributed by atoms with Crippen LogP contribution in [0.3, 0.4) is 0 Å². The molecule has 0 atom stereocenters. The molecule has 0 spiro atoms. The first kappa shape index (κ1) is 10.9. The van der Waals surface area contributed by atoms with Crippen LogP contribution in [-0.4, -0.2) is 55.0 Å². The van der Waals surface area contributed by atoms with E-state index in [0.29, 0.717) is 13.1 Å². The van der Waals surface area contributed by atoms with Gasteiger partial charge in [0.1, 0.15) is 0 Å². The highest BCUT2D eigenvalue weighted by atomic mass is 19.3. The van der Waals surface area contributed by atoms with E-state index >= 15 is 0 Å². The first-order valence-corrected chi connectivity index (χ1v) is 4.90. The minimum atomic E-state index is -2.54. The average molecular weight is 192 g/mol. The third-order valence-corrected chi connectivity index (χ3v) is 2.54. The van der Waals surface area contributed by atoms with Crippen molar-refractivity contribution in [2.45, 2.75) is 19.8 Å². The molecule has 0 saturated carbocycles. The van der Waals surface area contributed by atoms with Crippen molar-refractivity contribution in [3.63, 3.8) is 0 Å². The Hall–Kier alpha value is -0.220. The van der Waals surface area contributed by atoms with Crippen LogP contribution < -0.4 is 0 Å². The Morgan fingerprint density at radius 1 is 1.00 bits per heavy atom. The van der Waals surface area contributed by atoms with Gasteiger partial charge in [0.2, 0.25) is 0 Å². The van der Waals surface area contributed by atoms with Crippen LogP contribution in [-0.2, 0) is 0 Å². The van der Waals surface area contributed by atoms with E-state index in [4.69, 9.17) is 0 Å². The third-order valence-electron chi connectivity index (χ3n) is 2.54. The lowest BCUT2D eigenvalue weighted by atomic mass is 10.3. The third kappa shape index (κ3) is 3.19. The summed E-state index contributed by atoms with van der Waals surface area (Å²) in [6.45, 7) is 6.65. The summed E-state index contributed by atoms with van der Waals surface area (Å²) in [5.74, 6) is -2.54. The molecule has 0 aromatic heterocycles. The lowest BCUT2D eigenvalue weighted by Gasteiger charge is -2.22. The maximum atomic E-state index is 13.3. The summed E-state index contributed by atoms with van der Waals surface area (Å²) < 4.78 is 26.5. The Morgan fingerprint density at radius 3 is 1.69 bits per heavy atom. The SMILES string of the molecule is CCN1CCN(CC)CC(F)(F)C1. The second-order valence-electron chi connectivity index (χ2n) is 3.59. The van der Waals surface area contributed by atoms with E-state index in [1.54, 1.807) is 0 Å². The fourth-order valence-corrected chi connectivity index (χ4v) is 1.69. The quantitative estimate of drug-likeness (QED) is 0.650. The maximum Gasteiger partial charge on any atom is 0.272 e. The molecule has 0 radical (unpaired) electrons. The molecule has 1 saturated heterocycles. The zero-order valence-corrected chi connectivity index (χ0v) is 8.39. The molecule has 1 fully saturated rings. The van der Waals surface area contributed by atoms with Gasteiger partial charge in [0, 0.05) is 13.1 Å². The molecule has 13 heavy (non-hydrogen) atoms. The predicted octanol–water partition coefficient (Wildman–Crippen LogP) is 1.28. The number of nitrogens with zero attached hydrogens (tertiary/aromatic N) is 2. The van der Waals surface area contributed by atoms with Crippen LogP contribution in [0, 0.1) is 0 Å². The minimum absolute atomic E-state index is 0.0833. The lowest BCUT2D eigenvalue weighted by molar-refractivity contribution is -0.0363. The molecule has 0 aliphatic carbocycles. The second-order valence-corrected chi connectivity index (χ2v) is 3.59. The van der Waals surface area contributed by atoms with Gasteiger partial charge in [-0.25, -0.2) is 8.78 Å². The number of alkyl halides is 2. The Morgan fingerprint density at radius 2 is 1.38 bits per heavy atom. The molecule has 0 amide bonds. The molecule has 1 aliphatic heterocycles. The summed E-state index contributed by atoms with van der Waals surface area (Å²) in [4.78, 5) is 3.63. The zero-order valence-electron chi connectivity index (χ0n) is 8.39. The van der Waals surface area contributed by atoms with Crippen molar-refractivity contribution in [2.75, 3.05) is 39.3 Å². The van der Waals surface area contributed by atoms with Crippen molar-refractivity contribution < 1.29 is 8.78 Å². The predicted molar refractivity (Wildman–Crippen MR) is 49.2 cm³/mol. The van der Waals surface area contributed by atoms with Gasteiger partial charge >= 0.3 is 0 Å². The van der Waals surface area contributed by atoms with E-state index in [0.717, 1.165) is 13.1 Å². The van der Waals surface area contributed by atoms with Gasteiger partial charge in [0.15, 0.2) is 0 Å². The Balaban J connectivity index is 2.57. The van der Waals surface area contributed by atoms with Crippen LogP contribution in [0.15, 0.2) is 0 Å². The van der Waals surface area contributed by atoms with Gasteiger partial charge in [-0.3, -0.25) is 9.80 Å². The largest absolute Gasteiger partial charge is 0.296 e. The van der Waals surface area contributed by atoms with Gasteiger partial charge in [0.05, 0.1) is 13.1 Å². The summed E-state index contributed by atoms with van der Waals surface area (Å²) in [5, 5.41) is 0. The first-order chi connectivity index (χ1) is 6.07. The molecular formula is C9H18F2N2. The van der Waals surface area contributed by atoms with Crippen molar-refractivity contribution in [1.29, 1.82) is 0 Å². The van der Waals surface area contributed by atoms with Gasteiger partial charge < -0.3 is 0 Å². The molecule has 0 bridgehead atoms. The number of hydrogen-bond donors (Lipinski definition) is 0. The van der Waals surface area contributed by atoms with E-state index in [1.807, 2.05) is 23.6 Å². The van der Waals surface area contributed by atoms with Gasteiger partial charge in [-0.1, -0.05) is 13.8 Å². The van der Waals surface area contributed by atoms with Crippen LogP contribution in [0.4, 0.5) is 8.78 Å². The molecule has 0 unspecified atom stereocenters. The fraction of sp³-hybridized carbons (Fsp3) is 1.00. The molecule has 2 nitrogen and oxygen atoms in total. The molecule has 0 N–H and O–H groups in total. The molecule has 0 aromatic rings. The molecule has 1 heterocycles. The van der Waals surface area contributed by atoms with Gasteiger partial charge in [-0.05, 0) is 13.1 Å². The van der Waals surface area contributed by atoms with Gasteiger partial charge in [-0.15, -0.1) is 0 Å². The van der Waals surface area contributed by atoms with E-state index < -0.39 is 5.92 Å². The van der Waals surface area contributed by atoms with Crippen LogP contribution in [0.2, 0.25) is 0 Å². The highest BCUT2D eigenvalue weighted by Gasteiger charge is 2.35. The van der Waals surface area contributed by atoms with E-state index in [-0.39, 0.29) is 13.1 Å². The van der Waals surface area contributed by atoms with Crippen molar-refractivity contribution in [1.82, 2.24) is 9.80 Å². The molecule has 78 valence electrons. The van der Waals surface area contributed by atoms with Crippen LogP contribution in [0.1, 0.15) is 13.8 Å². The number of halogens is 2. The number of hydrogen-bond acceptors (Lipinski definition) is 2. The smallest absolute Gasteiger partial charge is 0.272 e. The molecule has 4 heteroatoms. The molecule has 1 rings (SSSR count). The summed E-state index contributed by atoms with van der Waals surface area (Å²) in [6.07, 6.45) is 0. The standard InChI is InChI=1S/C9H18F2N2/c1-3-12-5-6-13(4-2)8-9(10,11)7-12/h3-8H2,1-2H3. The molecule has 0 aromatic carbocycles. The highest BCUT2D eigenvalue weighted by molar-refractivity contribution is 4.80. The summed E-state index contributed by atoms with van der Waals surface area (Å²) >= 11 is 0. The van der Waals surface area contributed by atoms with Crippen molar-refractivity contribution >= 4 is 0 Å². The van der Waals surface area contributed by atoms with Crippen LogP contribution in [0.5, 0.6) is 0 Å². The Bertz CT molecular complexity index is 146. The average Bonchev–Trinajstić information content (AvgIpc) is 2.23. The van der Waals surface area contributed by atoms with E-state index in [2.05, 4.69) is 0 Å². The lowest BCUT2D eigenvalue weighted by Crippen LogP contribution is -2.39. The highest BCUT2D eigenvalue weighted by Crippen LogP contribution is 2.19. The van der Waals surface area contributed by atoms with Crippen molar-refractivity contribution in [2.24, 2.45) is 0 Å². The zero-order chi connectivity index (χ0) is 9.90. The topological polar surface area (TPSA) is 6.48 Å².